The zero-order chi connectivity index (χ0) is 62.7. The molecule has 2 aromatic rings. The van der Waals surface area contributed by atoms with Crippen molar-refractivity contribution >= 4 is 71.0 Å². The quantitative estimate of drug-likeness (QED) is 0.0181. The number of carbonyl (C=O) groups excluding carboxylic acids is 9. The summed E-state index contributed by atoms with van der Waals surface area (Å²) in [6.45, 7) is 7.35. The number of phenols is 1. The third kappa shape index (κ3) is 18.1. The van der Waals surface area contributed by atoms with Crippen LogP contribution in [0.1, 0.15) is 114 Å². The standard InChI is InChI=1S/C56H84N12O16S/c1-8-27(3)45(53(76)62-5)67-51(74)34(13-10-11-17-57)66-54(77)46(28(4)9-2)68-52(75)36(15-16-41(59)69)65-50(73)35(14-12-18-63-56(60)61)64-49(72)33(58)24-85-25-42(70)84-48-31-22-38-37(82-26-83-38)21-30(31)43(44-32(48)23-81-55(44)78)29-19-39(79-6)47(71)40(20-29)80-7/h19-22,27-28,32-36,43-46,48,71H,8-18,23-26,57-58H2,1-7H3,(H2,59,69)(H,62,76)(H,64,72)(H,65,73)(H,66,77)(H,67,74)(H,68,75)(H4,60,61,63)/t27?,28?,32-,33-,34-,35-,36-,43+,44-,45-,46-,48+/m0/s1. The summed E-state index contributed by atoms with van der Waals surface area (Å²) in [6.07, 6.45) is 0.407. The molecule has 0 bridgehead atoms. The van der Waals surface area contributed by atoms with Gasteiger partial charge in [0.15, 0.2) is 29.0 Å². The van der Waals surface area contributed by atoms with E-state index in [4.69, 9.17) is 57.1 Å². The molecule has 0 aromatic heterocycles. The molecule has 2 unspecified atom stereocenters. The van der Waals surface area contributed by atoms with E-state index in [1.807, 2.05) is 6.92 Å². The van der Waals surface area contributed by atoms with Gasteiger partial charge < -0.3 is 94.1 Å². The lowest BCUT2D eigenvalue weighted by atomic mass is 9.66. The SMILES string of the molecule is CCC(C)[C@H](NC(=O)[C@H](CCCCN)NC(=O)[C@@H](NC(=O)[C@H](CCC(N)=O)NC(=O)[C@H](CCCN=C(N)N)NC(=O)[C@@H](N)CSCC(=O)O[C@@H]1c2cc3c(cc2[C@@H](c2cc(OC)c(O)c(OC)c2)[C@H]2C(=O)OC[C@@H]21)OCO3)C(C)CC)C(=O)NC. The van der Waals surface area contributed by atoms with Gasteiger partial charge in [-0.25, -0.2) is 0 Å². The molecule has 1 aliphatic carbocycles. The van der Waals surface area contributed by atoms with Crippen molar-refractivity contribution < 1.29 is 76.7 Å². The Hall–Kier alpha value is -7.79. The van der Waals surface area contributed by atoms with E-state index < -0.39 is 119 Å². The minimum Gasteiger partial charge on any atom is -0.502 e. The highest BCUT2D eigenvalue weighted by Gasteiger charge is 2.54. The second-order valence-corrected chi connectivity index (χ2v) is 22.2. The van der Waals surface area contributed by atoms with Crippen LogP contribution >= 0.6 is 11.8 Å². The van der Waals surface area contributed by atoms with E-state index in [0.717, 1.165) is 11.8 Å². The summed E-state index contributed by atoms with van der Waals surface area (Å²) in [4.78, 5) is 127. The van der Waals surface area contributed by atoms with Gasteiger partial charge in [-0.3, -0.25) is 48.1 Å². The fourth-order valence-corrected chi connectivity index (χ4v) is 11.0. The van der Waals surface area contributed by atoms with Gasteiger partial charge in [-0.15, -0.1) is 11.8 Å². The molecule has 29 heteroatoms. The fourth-order valence-electron chi connectivity index (χ4n) is 10.2. The highest BCUT2D eigenvalue weighted by atomic mass is 32.2. The first-order chi connectivity index (χ1) is 40.5. The van der Waals surface area contributed by atoms with Crippen LogP contribution in [0.4, 0.5) is 0 Å². The Kier molecular flexibility index (Phi) is 26.0. The minimum atomic E-state index is -1.49. The molecule has 2 aliphatic heterocycles. The monoisotopic (exact) mass is 1210 g/mol. The fraction of sp³-hybridized carbons (Fsp3) is 0.607. The van der Waals surface area contributed by atoms with Crippen molar-refractivity contribution in [3.8, 4) is 28.7 Å². The first-order valence-electron chi connectivity index (χ1n) is 28.4. The number of nitrogens with one attached hydrogen (secondary N) is 6. The van der Waals surface area contributed by atoms with Crippen LogP contribution in [-0.2, 0) is 52.6 Å². The molecule has 12 atom stereocenters. The molecule has 470 valence electrons. The number of nitrogens with zero attached hydrogens (tertiary/aromatic N) is 1. The van der Waals surface area contributed by atoms with Crippen molar-refractivity contribution in [3.05, 3.63) is 41.0 Å². The van der Waals surface area contributed by atoms with Crippen LogP contribution in [0, 0.1) is 23.7 Å². The second kappa shape index (κ2) is 32.5. The molecule has 28 nitrogen and oxygen atoms in total. The van der Waals surface area contributed by atoms with Gasteiger partial charge in [0.05, 0.1) is 38.5 Å². The number of unbranched alkanes of at least 4 members (excludes halogenated alkanes) is 1. The summed E-state index contributed by atoms with van der Waals surface area (Å²) >= 11 is 0.959. The smallest absolute Gasteiger partial charge is 0.316 e. The maximum atomic E-state index is 14.3. The first kappa shape index (κ1) is 68.0. The molecule has 0 spiro atoms. The van der Waals surface area contributed by atoms with E-state index in [-0.39, 0.29) is 92.7 Å². The Labute approximate surface area is 497 Å². The van der Waals surface area contributed by atoms with Gasteiger partial charge >= 0.3 is 11.9 Å². The molecule has 17 N–H and O–H groups in total. The summed E-state index contributed by atoms with van der Waals surface area (Å²) in [5.74, 6) is -9.42. The number of methoxy groups -OCH3 is 2. The number of nitrogens with two attached hydrogens (primary N) is 5. The van der Waals surface area contributed by atoms with Crippen LogP contribution in [0.15, 0.2) is 29.3 Å². The average Bonchev–Trinajstić information content (AvgIpc) is 3.41. The van der Waals surface area contributed by atoms with Gasteiger partial charge in [-0.2, -0.15) is 0 Å². The van der Waals surface area contributed by atoms with Crippen LogP contribution in [-0.4, -0.2) is 160 Å². The van der Waals surface area contributed by atoms with Gasteiger partial charge in [0.1, 0.15) is 36.3 Å². The normalized spacial score (nSPS) is 19.2. The van der Waals surface area contributed by atoms with Gasteiger partial charge in [0.2, 0.25) is 53.9 Å². The first-order valence-corrected chi connectivity index (χ1v) is 29.5. The number of rotatable bonds is 34. The van der Waals surface area contributed by atoms with Crippen LogP contribution in [0.2, 0.25) is 0 Å². The van der Waals surface area contributed by atoms with Gasteiger partial charge in [-0.05, 0) is 92.3 Å². The zero-order valence-electron chi connectivity index (χ0n) is 49.2. The van der Waals surface area contributed by atoms with Crippen molar-refractivity contribution in [1.82, 2.24) is 31.9 Å². The Bertz CT molecular complexity index is 2730. The minimum absolute atomic E-state index is 0.0379. The largest absolute Gasteiger partial charge is 0.502 e. The number of carbonyl (C=O) groups is 9. The van der Waals surface area contributed by atoms with Crippen molar-refractivity contribution in [1.29, 1.82) is 0 Å². The zero-order valence-corrected chi connectivity index (χ0v) is 50.0. The highest BCUT2D eigenvalue weighted by Crippen LogP contribution is 2.56. The molecule has 0 radical (unpaired) electrons. The van der Waals surface area contributed by atoms with Crippen LogP contribution in [0.3, 0.4) is 0 Å². The number of primary amides is 1. The third-order valence-corrected chi connectivity index (χ3v) is 16.4. The number of esters is 2. The van der Waals surface area contributed by atoms with E-state index in [9.17, 15) is 48.3 Å². The Morgan fingerprint density at radius 3 is 1.82 bits per heavy atom. The number of benzene rings is 2. The van der Waals surface area contributed by atoms with Crippen LogP contribution in [0.25, 0.3) is 0 Å². The van der Waals surface area contributed by atoms with Crippen LogP contribution < -0.4 is 79.5 Å². The summed E-state index contributed by atoms with van der Waals surface area (Å²) in [7, 11) is 4.21. The number of hydrogen-bond acceptors (Lipinski definition) is 20. The number of amides is 7. The number of ether oxygens (including phenoxy) is 6. The number of phenolic OH excluding ortho intramolecular Hbond substituents is 1. The highest BCUT2D eigenvalue weighted by molar-refractivity contribution is 8.00. The Morgan fingerprint density at radius 1 is 0.729 bits per heavy atom. The summed E-state index contributed by atoms with van der Waals surface area (Å²) in [5.41, 5.74) is 30.3. The lowest BCUT2D eigenvalue weighted by Gasteiger charge is -2.38. The van der Waals surface area contributed by atoms with E-state index in [0.29, 0.717) is 60.4 Å². The second-order valence-electron chi connectivity index (χ2n) is 21.2. The van der Waals surface area contributed by atoms with Crippen molar-refractivity contribution in [2.45, 2.75) is 134 Å². The molecule has 1 fully saturated rings. The lowest BCUT2D eigenvalue weighted by Crippen LogP contribution is -2.61. The molecular weight excluding hydrogens is 1130 g/mol. The molecule has 7 amide bonds. The Morgan fingerprint density at radius 2 is 1.27 bits per heavy atom. The number of cyclic esters (lactones) is 1. The number of thioether (sulfide) groups is 1. The van der Waals surface area contributed by atoms with Gasteiger partial charge in [0, 0.05) is 43.2 Å². The van der Waals surface area contributed by atoms with Crippen molar-refractivity contribution in [2.75, 3.05) is 59.3 Å². The molecular formula is C56H84N12O16S. The third-order valence-electron chi connectivity index (χ3n) is 15.4. The molecule has 3 aliphatic rings. The van der Waals surface area contributed by atoms with Crippen molar-refractivity contribution in [3.63, 3.8) is 0 Å². The number of fused-ring (bicyclic) bond motifs is 3. The summed E-state index contributed by atoms with van der Waals surface area (Å²) < 4.78 is 34.1. The number of likely N-dealkylation sites (N-methyl/N-ethyl adjacent to an activating group) is 1. The predicted octanol–water partition coefficient (Wildman–Crippen LogP) is -0.572. The van der Waals surface area contributed by atoms with E-state index in [1.165, 1.54) is 21.3 Å². The average molecular weight is 1210 g/mol. The molecule has 2 heterocycles. The maximum Gasteiger partial charge on any atom is 0.316 e. The lowest BCUT2D eigenvalue weighted by molar-refractivity contribution is -0.151. The molecule has 2 aromatic carbocycles. The summed E-state index contributed by atoms with van der Waals surface area (Å²) in [5, 5.41) is 26.7. The number of guanidine groups is 1. The Balaban J connectivity index is 1.30. The maximum absolute atomic E-state index is 14.3. The summed E-state index contributed by atoms with van der Waals surface area (Å²) in [6, 6.07) is -0.903. The van der Waals surface area contributed by atoms with Crippen molar-refractivity contribution in [2.24, 2.45) is 57.3 Å². The molecule has 5 rings (SSSR count). The number of aromatic hydroxyl groups is 1. The van der Waals surface area contributed by atoms with Gasteiger partial charge in [-0.1, -0.05) is 40.5 Å². The van der Waals surface area contributed by atoms with E-state index >= 15 is 0 Å². The van der Waals surface area contributed by atoms with Crippen LogP contribution in [0.5, 0.6) is 28.7 Å². The predicted molar refractivity (Wildman–Crippen MR) is 312 cm³/mol. The molecule has 85 heavy (non-hydrogen) atoms. The topological polar surface area (TPSA) is 444 Å². The number of hydrogen-bond donors (Lipinski definition) is 12. The number of aliphatic imine (C=N–C) groups is 1. The van der Waals surface area contributed by atoms with E-state index in [1.54, 1.807) is 45.0 Å². The molecule has 0 saturated carbocycles. The van der Waals surface area contributed by atoms with Gasteiger partial charge in [0.25, 0.3) is 0 Å². The van der Waals surface area contributed by atoms with E-state index in [2.05, 4.69) is 36.9 Å². The molecule has 1 saturated heterocycles.